The number of thiophene rings is 1. The van der Waals surface area contributed by atoms with E-state index in [0.29, 0.717) is 6.54 Å². The van der Waals surface area contributed by atoms with Crippen LogP contribution in [0.2, 0.25) is 0 Å². The maximum Gasteiger partial charge on any atom is 0.191 e. The Morgan fingerprint density at radius 1 is 1.33 bits per heavy atom. The molecule has 0 amide bonds. The first kappa shape index (κ1) is 14.7. The van der Waals surface area contributed by atoms with Crippen LogP contribution in [0, 0.1) is 6.92 Å². The number of hydrogen-bond acceptors (Lipinski definition) is 7. The minimum absolute atomic E-state index is 0.589. The Balaban J connectivity index is 1.68. The molecule has 110 valence electrons. The van der Waals surface area contributed by atoms with Gasteiger partial charge in [-0.15, -0.1) is 21.5 Å². The molecule has 8 heteroatoms. The van der Waals surface area contributed by atoms with Crippen molar-refractivity contribution in [1.82, 2.24) is 19.7 Å². The van der Waals surface area contributed by atoms with Crippen LogP contribution in [0.25, 0.3) is 10.6 Å². The molecule has 2 N–H and O–H groups in total. The van der Waals surface area contributed by atoms with Gasteiger partial charge in [-0.3, -0.25) is 0 Å². The molecule has 3 rings (SSSR count). The predicted molar refractivity (Wildman–Crippen MR) is 88.8 cm³/mol. The Kier molecular flexibility index (Phi) is 4.69. The monoisotopic (exact) mass is 337 g/mol. The molecule has 3 heterocycles. The van der Waals surface area contributed by atoms with E-state index in [1.54, 1.807) is 34.4 Å². The van der Waals surface area contributed by atoms with Crippen LogP contribution < -0.4 is 5.73 Å². The lowest BCUT2D eigenvalue weighted by molar-refractivity contribution is 0.627. The smallest absolute Gasteiger partial charge is 0.191 e. The molecule has 5 nitrogen and oxygen atoms in total. The summed E-state index contributed by atoms with van der Waals surface area (Å²) in [6.45, 7) is 3.29. The van der Waals surface area contributed by atoms with Gasteiger partial charge in [0.25, 0.3) is 0 Å². The van der Waals surface area contributed by atoms with E-state index < -0.39 is 0 Å². The first-order chi connectivity index (χ1) is 10.3. The van der Waals surface area contributed by atoms with Gasteiger partial charge in [0.15, 0.2) is 5.16 Å². The fourth-order valence-electron chi connectivity index (χ4n) is 1.89. The average Bonchev–Trinajstić information content (AvgIpc) is 3.19. The van der Waals surface area contributed by atoms with E-state index in [4.69, 9.17) is 5.73 Å². The minimum atomic E-state index is 0.589. The van der Waals surface area contributed by atoms with Crippen molar-refractivity contribution in [3.63, 3.8) is 0 Å². The fraction of sp³-hybridized carbons (Fsp3) is 0.308. The maximum atomic E-state index is 5.63. The van der Waals surface area contributed by atoms with E-state index in [2.05, 4.69) is 42.0 Å². The summed E-state index contributed by atoms with van der Waals surface area (Å²) in [6, 6.07) is 2.10. The van der Waals surface area contributed by atoms with Crippen LogP contribution >= 0.6 is 34.4 Å². The van der Waals surface area contributed by atoms with Gasteiger partial charge >= 0.3 is 0 Å². The van der Waals surface area contributed by atoms with E-state index in [1.165, 1.54) is 5.56 Å². The van der Waals surface area contributed by atoms with Crippen LogP contribution in [0.4, 0.5) is 0 Å². The lowest BCUT2D eigenvalue weighted by Crippen LogP contribution is -2.12. The molecule has 0 aliphatic carbocycles. The molecule has 0 spiro atoms. The fourth-order valence-corrected chi connectivity index (χ4v) is 4.43. The molecule has 0 atom stereocenters. The summed E-state index contributed by atoms with van der Waals surface area (Å²) in [5.41, 5.74) is 7.90. The molecule has 0 aliphatic rings. The van der Waals surface area contributed by atoms with E-state index in [9.17, 15) is 0 Å². The van der Waals surface area contributed by atoms with Crippen molar-refractivity contribution in [2.45, 2.75) is 24.4 Å². The van der Waals surface area contributed by atoms with E-state index in [0.717, 1.165) is 34.0 Å². The van der Waals surface area contributed by atoms with E-state index >= 15 is 0 Å². The number of thiazole rings is 1. The highest BCUT2D eigenvalue weighted by Gasteiger charge is 2.11. The molecule has 0 bridgehead atoms. The molecule has 0 aliphatic heterocycles. The number of nitrogens with two attached hydrogens (primary N) is 1. The lowest BCUT2D eigenvalue weighted by atomic mass is 10.4. The zero-order chi connectivity index (χ0) is 14.7. The molecule has 0 unspecified atom stereocenters. The molecule has 0 saturated heterocycles. The van der Waals surface area contributed by atoms with Crippen molar-refractivity contribution < 1.29 is 0 Å². The molecule has 0 aromatic carbocycles. The standard InChI is InChI=1S/C13H15N5S3/c1-9-16-17-13(18(9)4-3-14)21-8-11-7-20-12(15-11)10-2-5-19-6-10/h2,5-7H,3-4,8,14H2,1H3. The van der Waals surface area contributed by atoms with E-state index in [1.807, 2.05) is 6.92 Å². The zero-order valence-corrected chi connectivity index (χ0v) is 14.0. The maximum absolute atomic E-state index is 5.63. The zero-order valence-electron chi connectivity index (χ0n) is 11.5. The second-order valence-electron chi connectivity index (χ2n) is 4.41. The van der Waals surface area contributed by atoms with Gasteiger partial charge in [0, 0.05) is 35.2 Å². The molecule has 3 aromatic heterocycles. The van der Waals surface area contributed by atoms with Crippen LogP contribution in [0.3, 0.4) is 0 Å². The Morgan fingerprint density at radius 3 is 3.00 bits per heavy atom. The molecule has 3 aromatic rings. The summed E-state index contributed by atoms with van der Waals surface area (Å²) < 4.78 is 2.05. The van der Waals surface area contributed by atoms with Gasteiger partial charge in [-0.25, -0.2) is 4.98 Å². The number of thioether (sulfide) groups is 1. The molecule has 0 saturated carbocycles. The minimum Gasteiger partial charge on any atom is -0.329 e. The van der Waals surface area contributed by atoms with Crippen molar-refractivity contribution in [1.29, 1.82) is 0 Å². The van der Waals surface area contributed by atoms with Gasteiger partial charge in [-0.05, 0) is 18.4 Å². The molecule has 0 fully saturated rings. The second-order valence-corrected chi connectivity index (χ2v) is 7.00. The van der Waals surface area contributed by atoms with Gasteiger partial charge in [0.1, 0.15) is 10.8 Å². The average molecular weight is 337 g/mol. The van der Waals surface area contributed by atoms with Gasteiger partial charge in [0.2, 0.25) is 0 Å². The Bertz CT molecular complexity index is 701. The highest BCUT2D eigenvalue weighted by molar-refractivity contribution is 7.98. The van der Waals surface area contributed by atoms with Crippen molar-refractivity contribution in [3.05, 3.63) is 33.7 Å². The van der Waals surface area contributed by atoms with Gasteiger partial charge in [-0.1, -0.05) is 11.8 Å². The Hall–Kier alpha value is -1.22. The molecular weight excluding hydrogens is 322 g/mol. The van der Waals surface area contributed by atoms with E-state index in [-0.39, 0.29) is 0 Å². The number of aromatic nitrogens is 4. The predicted octanol–water partition coefficient (Wildman–Crippen LogP) is 3.02. The topological polar surface area (TPSA) is 69.6 Å². The van der Waals surface area contributed by atoms with Crippen molar-refractivity contribution in [2.24, 2.45) is 5.73 Å². The third kappa shape index (κ3) is 3.34. The Labute approximate surface area is 135 Å². The SMILES string of the molecule is Cc1nnc(SCc2csc(-c3ccsc3)n2)n1CCN. The number of hydrogen-bond donors (Lipinski definition) is 1. The van der Waals surface area contributed by atoms with Crippen LogP contribution in [0.1, 0.15) is 11.5 Å². The number of aryl methyl sites for hydroxylation is 1. The van der Waals surface area contributed by atoms with Crippen molar-refractivity contribution in [2.75, 3.05) is 6.54 Å². The number of rotatable bonds is 6. The summed E-state index contributed by atoms with van der Waals surface area (Å²) in [5.74, 6) is 1.70. The van der Waals surface area contributed by atoms with Crippen molar-refractivity contribution >= 4 is 34.4 Å². The normalized spacial score (nSPS) is 11.1. The van der Waals surface area contributed by atoms with Crippen LogP contribution in [0.5, 0.6) is 0 Å². The summed E-state index contributed by atoms with van der Waals surface area (Å²) >= 11 is 5.03. The van der Waals surface area contributed by atoms with Gasteiger partial charge < -0.3 is 10.3 Å². The third-order valence-corrected chi connectivity index (χ3v) is 5.55. The first-order valence-electron chi connectivity index (χ1n) is 6.47. The Morgan fingerprint density at radius 2 is 2.24 bits per heavy atom. The largest absolute Gasteiger partial charge is 0.329 e. The molecule has 21 heavy (non-hydrogen) atoms. The van der Waals surface area contributed by atoms with Crippen LogP contribution in [-0.4, -0.2) is 26.3 Å². The van der Waals surface area contributed by atoms with Crippen LogP contribution in [-0.2, 0) is 12.3 Å². The van der Waals surface area contributed by atoms with Crippen LogP contribution in [0.15, 0.2) is 27.4 Å². The number of nitrogens with zero attached hydrogens (tertiary/aromatic N) is 4. The van der Waals surface area contributed by atoms with Gasteiger partial charge in [-0.2, -0.15) is 11.3 Å². The summed E-state index contributed by atoms with van der Waals surface area (Å²) in [4.78, 5) is 4.67. The second kappa shape index (κ2) is 6.69. The lowest BCUT2D eigenvalue weighted by Gasteiger charge is -2.05. The van der Waals surface area contributed by atoms with Gasteiger partial charge in [0.05, 0.1) is 5.69 Å². The highest BCUT2D eigenvalue weighted by atomic mass is 32.2. The first-order valence-corrected chi connectivity index (χ1v) is 9.28. The summed E-state index contributed by atoms with van der Waals surface area (Å²) in [7, 11) is 0. The molecule has 0 radical (unpaired) electrons. The van der Waals surface area contributed by atoms with Crippen molar-refractivity contribution in [3.8, 4) is 10.6 Å². The summed E-state index contributed by atoms with van der Waals surface area (Å²) in [5, 5.41) is 16.6. The quantitative estimate of drug-likeness (QED) is 0.700. The summed E-state index contributed by atoms with van der Waals surface area (Å²) in [6.07, 6.45) is 0. The molecular formula is C13H15N5S3. The highest BCUT2D eigenvalue weighted by Crippen LogP contribution is 2.28. The third-order valence-electron chi connectivity index (χ3n) is 2.92.